The number of benzene rings is 1. The zero-order chi connectivity index (χ0) is 23.1. The first-order valence-corrected chi connectivity index (χ1v) is 11.8. The molecular formula is C26H27N7O. The lowest BCUT2D eigenvalue weighted by Gasteiger charge is -2.35. The number of rotatable bonds is 6. The second-order valence-corrected chi connectivity index (χ2v) is 9.21. The van der Waals surface area contributed by atoms with Crippen molar-refractivity contribution in [2.45, 2.75) is 25.3 Å². The summed E-state index contributed by atoms with van der Waals surface area (Å²) in [5.41, 5.74) is 3.52. The van der Waals surface area contributed by atoms with Crippen molar-refractivity contribution in [3.05, 3.63) is 66.6 Å². The number of carbonyl (C=O) groups is 1. The number of ketones is 1. The van der Waals surface area contributed by atoms with Crippen LogP contribution in [0, 0.1) is 0 Å². The molecule has 0 atom stereocenters. The highest BCUT2D eigenvalue weighted by molar-refractivity contribution is 5.98. The molecule has 0 N–H and O–H groups in total. The molecule has 8 nitrogen and oxygen atoms in total. The third-order valence-electron chi connectivity index (χ3n) is 6.83. The smallest absolute Gasteiger partial charge is 0.170 e. The summed E-state index contributed by atoms with van der Waals surface area (Å²) in [5, 5.41) is 0.943. The van der Waals surface area contributed by atoms with Crippen LogP contribution in [0.3, 0.4) is 0 Å². The van der Waals surface area contributed by atoms with Gasteiger partial charge >= 0.3 is 0 Å². The van der Waals surface area contributed by atoms with E-state index in [4.69, 9.17) is 4.98 Å². The Kier molecular flexibility index (Phi) is 5.30. The molecule has 4 aromatic rings. The van der Waals surface area contributed by atoms with Crippen LogP contribution in [0.5, 0.6) is 0 Å². The minimum absolute atomic E-state index is 0.00223. The van der Waals surface area contributed by atoms with E-state index in [-0.39, 0.29) is 12.2 Å². The predicted octanol–water partition coefficient (Wildman–Crippen LogP) is 3.14. The Morgan fingerprint density at radius 1 is 1.03 bits per heavy atom. The van der Waals surface area contributed by atoms with Crippen molar-refractivity contribution in [3.8, 4) is 11.3 Å². The molecule has 0 amide bonds. The summed E-state index contributed by atoms with van der Waals surface area (Å²) < 4.78 is 1.97. The maximum absolute atomic E-state index is 13.1. The minimum Gasteiger partial charge on any atom is -0.354 e. The number of fused-ring (bicyclic) bond motifs is 1. The van der Waals surface area contributed by atoms with Crippen molar-refractivity contribution in [1.29, 1.82) is 0 Å². The maximum atomic E-state index is 13.1. The van der Waals surface area contributed by atoms with E-state index in [0.29, 0.717) is 11.4 Å². The molecule has 2 fully saturated rings. The van der Waals surface area contributed by atoms with Gasteiger partial charge in [-0.1, -0.05) is 12.1 Å². The van der Waals surface area contributed by atoms with Gasteiger partial charge in [-0.3, -0.25) is 9.69 Å². The Bertz CT molecular complexity index is 1350. The number of aryl methyl sites for hydroxylation is 1. The van der Waals surface area contributed by atoms with Crippen LogP contribution in [0.15, 0.2) is 55.2 Å². The van der Waals surface area contributed by atoms with Crippen LogP contribution in [0.4, 0.5) is 5.82 Å². The largest absolute Gasteiger partial charge is 0.354 e. The minimum atomic E-state index is 0.00223. The van der Waals surface area contributed by atoms with Gasteiger partial charge < -0.3 is 9.47 Å². The van der Waals surface area contributed by atoms with Gasteiger partial charge in [0.2, 0.25) is 0 Å². The quantitative estimate of drug-likeness (QED) is 0.415. The van der Waals surface area contributed by atoms with E-state index in [1.54, 1.807) is 24.8 Å². The van der Waals surface area contributed by atoms with Gasteiger partial charge in [-0.05, 0) is 31.0 Å². The number of Topliss-reactive ketones (excluding diaryl/α,β-unsaturated/α-hetero) is 1. The van der Waals surface area contributed by atoms with E-state index < -0.39 is 0 Å². The highest BCUT2D eigenvalue weighted by atomic mass is 16.1. The number of anilines is 1. The van der Waals surface area contributed by atoms with Gasteiger partial charge in [0.05, 0.1) is 30.2 Å². The van der Waals surface area contributed by atoms with E-state index >= 15 is 0 Å². The van der Waals surface area contributed by atoms with Gasteiger partial charge in [0.15, 0.2) is 5.78 Å². The van der Waals surface area contributed by atoms with Gasteiger partial charge in [0, 0.05) is 68.2 Å². The molecule has 0 unspecified atom stereocenters. The van der Waals surface area contributed by atoms with Crippen LogP contribution in [-0.4, -0.2) is 67.4 Å². The Balaban J connectivity index is 1.18. The van der Waals surface area contributed by atoms with Gasteiger partial charge in [-0.25, -0.2) is 19.9 Å². The number of hydrogen-bond acceptors (Lipinski definition) is 7. The van der Waals surface area contributed by atoms with Crippen molar-refractivity contribution in [3.63, 3.8) is 0 Å². The molecule has 2 aliphatic rings. The van der Waals surface area contributed by atoms with Crippen LogP contribution in [0.25, 0.3) is 22.2 Å². The SMILES string of the molecule is Cn1cncc1-c1ccc2cnc(CC(=O)c3ccnc(N4CCN(C5CC5)CC4)c3)nc2c1. The number of carbonyl (C=O) groups excluding carboxylic acids is 1. The topological polar surface area (TPSA) is 80.0 Å². The molecule has 0 radical (unpaired) electrons. The molecule has 34 heavy (non-hydrogen) atoms. The van der Waals surface area contributed by atoms with E-state index in [2.05, 4.69) is 24.8 Å². The van der Waals surface area contributed by atoms with E-state index in [9.17, 15) is 4.79 Å². The molecular weight excluding hydrogens is 426 g/mol. The fraction of sp³-hybridized carbons (Fsp3) is 0.346. The monoisotopic (exact) mass is 453 g/mol. The van der Waals surface area contributed by atoms with Gasteiger partial charge in [0.1, 0.15) is 11.6 Å². The Labute approximate surface area is 198 Å². The van der Waals surface area contributed by atoms with Crippen LogP contribution in [-0.2, 0) is 13.5 Å². The number of nitrogens with zero attached hydrogens (tertiary/aromatic N) is 7. The van der Waals surface area contributed by atoms with E-state index in [1.165, 1.54) is 12.8 Å². The Morgan fingerprint density at radius 2 is 1.88 bits per heavy atom. The average Bonchev–Trinajstić information content (AvgIpc) is 3.64. The molecule has 6 rings (SSSR count). The molecule has 0 bridgehead atoms. The van der Waals surface area contributed by atoms with Crippen LogP contribution in [0.1, 0.15) is 29.0 Å². The van der Waals surface area contributed by atoms with Crippen molar-refractivity contribution in [2.24, 2.45) is 7.05 Å². The molecule has 1 saturated heterocycles. The summed E-state index contributed by atoms with van der Waals surface area (Å²) in [7, 11) is 1.96. The molecule has 8 heteroatoms. The zero-order valence-electron chi connectivity index (χ0n) is 19.3. The predicted molar refractivity (Wildman–Crippen MR) is 131 cm³/mol. The maximum Gasteiger partial charge on any atom is 0.170 e. The lowest BCUT2D eigenvalue weighted by Crippen LogP contribution is -2.47. The average molecular weight is 454 g/mol. The first-order chi connectivity index (χ1) is 16.6. The Morgan fingerprint density at radius 3 is 2.65 bits per heavy atom. The summed E-state index contributed by atoms with van der Waals surface area (Å²) in [5.74, 6) is 1.40. The summed E-state index contributed by atoms with van der Waals surface area (Å²) in [6, 6.07) is 10.6. The third kappa shape index (κ3) is 4.17. The van der Waals surface area contributed by atoms with Crippen molar-refractivity contribution >= 4 is 22.5 Å². The second-order valence-electron chi connectivity index (χ2n) is 9.21. The van der Waals surface area contributed by atoms with Gasteiger partial charge in [-0.2, -0.15) is 0 Å². The normalized spacial score (nSPS) is 16.8. The molecule has 172 valence electrons. The fourth-order valence-electron chi connectivity index (χ4n) is 4.71. The number of hydrogen-bond donors (Lipinski definition) is 0. The van der Waals surface area contributed by atoms with E-state index in [1.807, 2.05) is 42.1 Å². The summed E-state index contributed by atoms with van der Waals surface area (Å²) in [6.07, 6.45) is 9.96. The standard InChI is InChI=1S/C26H27N7O/c1-31-17-27-16-23(31)18-2-3-20-15-29-25(30-22(20)12-18)14-24(34)19-6-7-28-26(13-19)33-10-8-32(9-11-33)21-4-5-21/h2-3,6-7,12-13,15-17,21H,4-5,8-11,14H2,1H3. The molecule has 1 saturated carbocycles. The molecule has 1 aliphatic heterocycles. The molecule has 0 spiro atoms. The Hall–Kier alpha value is -3.65. The van der Waals surface area contributed by atoms with Crippen LogP contribution >= 0.6 is 0 Å². The summed E-state index contributed by atoms with van der Waals surface area (Å²) in [4.78, 5) is 35.8. The number of imidazole rings is 1. The van der Waals surface area contributed by atoms with Crippen molar-refractivity contribution in [1.82, 2.24) is 29.4 Å². The van der Waals surface area contributed by atoms with Crippen molar-refractivity contribution < 1.29 is 4.79 Å². The third-order valence-corrected chi connectivity index (χ3v) is 6.83. The number of aromatic nitrogens is 5. The first kappa shape index (κ1) is 20.9. The second kappa shape index (κ2) is 8.61. The lowest BCUT2D eigenvalue weighted by atomic mass is 10.1. The first-order valence-electron chi connectivity index (χ1n) is 11.8. The van der Waals surface area contributed by atoms with Crippen molar-refractivity contribution in [2.75, 3.05) is 31.1 Å². The summed E-state index contributed by atoms with van der Waals surface area (Å²) in [6.45, 7) is 4.04. The van der Waals surface area contributed by atoms with E-state index in [0.717, 1.165) is 60.2 Å². The molecule has 1 aromatic carbocycles. The van der Waals surface area contributed by atoms with Crippen LogP contribution < -0.4 is 4.90 Å². The fourth-order valence-corrected chi connectivity index (χ4v) is 4.71. The molecule has 3 aromatic heterocycles. The number of pyridine rings is 1. The van der Waals surface area contributed by atoms with Crippen LogP contribution in [0.2, 0.25) is 0 Å². The molecule has 1 aliphatic carbocycles. The molecule has 4 heterocycles. The highest BCUT2D eigenvalue weighted by Gasteiger charge is 2.31. The van der Waals surface area contributed by atoms with Gasteiger partial charge in [-0.15, -0.1) is 0 Å². The number of piperazine rings is 1. The highest BCUT2D eigenvalue weighted by Crippen LogP contribution is 2.28. The lowest BCUT2D eigenvalue weighted by molar-refractivity contribution is 0.0991. The summed E-state index contributed by atoms with van der Waals surface area (Å²) >= 11 is 0. The van der Waals surface area contributed by atoms with Gasteiger partial charge in [0.25, 0.3) is 0 Å². The zero-order valence-corrected chi connectivity index (χ0v) is 19.3.